The second kappa shape index (κ2) is 8.26. The summed E-state index contributed by atoms with van der Waals surface area (Å²) in [6.45, 7) is 15.4. The second-order valence-corrected chi connectivity index (χ2v) is 7.02. The fraction of sp³-hybridized carbons (Fsp3) is 1.00. The molecule has 1 aliphatic carbocycles. The van der Waals surface area contributed by atoms with Crippen LogP contribution in [0.5, 0.6) is 0 Å². The first-order valence-electron chi connectivity index (χ1n) is 8.48. The second-order valence-electron chi connectivity index (χ2n) is 7.02. The van der Waals surface area contributed by atoms with Crippen LogP contribution in [0.25, 0.3) is 0 Å². The molecule has 0 bridgehead atoms. The highest BCUT2D eigenvalue weighted by molar-refractivity contribution is 4.89. The fourth-order valence-corrected chi connectivity index (χ4v) is 3.39. The summed E-state index contributed by atoms with van der Waals surface area (Å²) in [5.41, 5.74) is 0.491. The van der Waals surface area contributed by atoms with E-state index in [9.17, 15) is 0 Å². The minimum atomic E-state index is 0.491. The van der Waals surface area contributed by atoms with Crippen LogP contribution in [0.2, 0.25) is 0 Å². The molecule has 0 aromatic carbocycles. The zero-order valence-corrected chi connectivity index (χ0v) is 14.0. The van der Waals surface area contributed by atoms with Gasteiger partial charge in [-0.3, -0.25) is 0 Å². The average molecular weight is 268 g/mol. The lowest BCUT2D eigenvalue weighted by Crippen LogP contribution is -2.47. The third-order valence-electron chi connectivity index (χ3n) is 5.00. The molecule has 0 aromatic rings. The average Bonchev–Trinajstić information content (AvgIpc) is 2.37. The molecule has 0 aliphatic heterocycles. The van der Waals surface area contributed by atoms with E-state index in [-0.39, 0.29) is 0 Å². The molecule has 1 fully saturated rings. The summed E-state index contributed by atoms with van der Waals surface area (Å²) in [4.78, 5) is 2.53. The number of nitrogens with one attached hydrogen (secondary N) is 1. The summed E-state index contributed by atoms with van der Waals surface area (Å²) >= 11 is 0. The summed E-state index contributed by atoms with van der Waals surface area (Å²) in [6, 6.07) is 1.39. The molecule has 1 saturated carbocycles. The molecule has 0 heterocycles. The van der Waals surface area contributed by atoms with Crippen molar-refractivity contribution in [2.45, 2.75) is 85.2 Å². The van der Waals surface area contributed by atoms with Crippen molar-refractivity contribution in [1.82, 2.24) is 10.2 Å². The highest BCUT2D eigenvalue weighted by atomic mass is 15.1. The first-order valence-corrected chi connectivity index (χ1v) is 8.48. The Morgan fingerprint density at radius 3 is 2.47 bits per heavy atom. The van der Waals surface area contributed by atoms with Gasteiger partial charge in [0.1, 0.15) is 0 Å². The van der Waals surface area contributed by atoms with Crippen LogP contribution in [0.3, 0.4) is 0 Å². The third kappa shape index (κ3) is 5.83. The predicted octanol–water partition coefficient (Wildman–Crippen LogP) is 4.06. The molecule has 1 aliphatic rings. The van der Waals surface area contributed by atoms with Gasteiger partial charge in [-0.2, -0.15) is 0 Å². The van der Waals surface area contributed by atoms with E-state index in [0.29, 0.717) is 11.5 Å². The maximum absolute atomic E-state index is 3.90. The molecule has 1 rings (SSSR count). The summed E-state index contributed by atoms with van der Waals surface area (Å²) in [6.07, 6.45) is 8.21. The van der Waals surface area contributed by atoms with Gasteiger partial charge in [-0.25, -0.2) is 0 Å². The summed E-state index contributed by atoms with van der Waals surface area (Å²) < 4.78 is 0. The van der Waals surface area contributed by atoms with Gasteiger partial charge in [0.25, 0.3) is 0 Å². The van der Waals surface area contributed by atoms with Gasteiger partial charge in [0.15, 0.2) is 0 Å². The molecule has 2 heteroatoms. The van der Waals surface area contributed by atoms with Crippen LogP contribution in [-0.4, -0.2) is 36.6 Å². The van der Waals surface area contributed by atoms with Gasteiger partial charge in [0.05, 0.1) is 0 Å². The maximum atomic E-state index is 3.90. The van der Waals surface area contributed by atoms with Crippen molar-refractivity contribution in [1.29, 1.82) is 0 Å². The van der Waals surface area contributed by atoms with E-state index in [1.165, 1.54) is 58.2 Å². The van der Waals surface area contributed by atoms with E-state index < -0.39 is 0 Å². The Bertz CT molecular complexity index is 233. The van der Waals surface area contributed by atoms with Crippen LogP contribution < -0.4 is 5.32 Å². The molecule has 114 valence electrons. The van der Waals surface area contributed by atoms with E-state index in [4.69, 9.17) is 0 Å². The van der Waals surface area contributed by atoms with Crippen molar-refractivity contribution in [2.24, 2.45) is 5.41 Å². The minimum Gasteiger partial charge on any atom is -0.311 e. The zero-order chi connectivity index (χ0) is 14.3. The monoisotopic (exact) mass is 268 g/mol. The molecule has 2 nitrogen and oxygen atoms in total. The molecule has 2 unspecified atom stereocenters. The summed E-state index contributed by atoms with van der Waals surface area (Å²) in [7, 11) is 0. The first-order chi connectivity index (χ1) is 8.99. The smallest absolute Gasteiger partial charge is 0.0121 e. The molecule has 0 spiro atoms. The normalized spacial score (nSPS) is 24.6. The van der Waals surface area contributed by atoms with Crippen molar-refractivity contribution in [3.63, 3.8) is 0 Å². The highest BCUT2D eigenvalue weighted by Crippen LogP contribution is 2.35. The molecular formula is C17H36N2. The summed E-state index contributed by atoms with van der Waals surface area (Å²) in [5.74, 6) is 0. The predicted molar refractivity (Wildman–Crippen MR) is 85.7 cm³/mol. The van der Waals surface area contributed by atoms with Gasteiger partial charge in [0, 0.05) is 12.1 Å². The number of nitrogens with zero attached hydrogens (tertiary/aromatic N) is 1. The topological polar surface area (TPSA) is 15.3 Å². The SMILES string of the molecule is CCN(CC)CCCC(C)NC1CCCCC1(C)C. The van der Waals surface area contributed by atoms with E-state index in [1.54, 1.807) is 0 Å². The lowest BCUT2D eigenvalue weighted by molar-refractivity contribution is 0.154. The van der Waals surface area contributed by atoms with Crippen LogP contribution in [0.4, 0.5) is 0 Å². The largest absolute Gasteiger partial charge is 0.311 e. The van der Waals surface area contributed by atoms with Crippen LogP contribution in [-0.2, 0) is 0 Å². The standard InChI is InChI=1S/C17H36N2/c1-6-19(7-2)14-10-11-15(3)18-16-12-8-9-13-17(16,4)5/h15-16,18H,6-14H2,1-5H3. The van der Waals surface area contributed by atoms with Crippen molar-refractivity contribution >= 4 is 0 Å². The van der Waals surface area contributed by atoms with Crippen LogP contribution >= 0.6 is 0 Å². The molecule has 1 N–H and O–H groups in total. The van der Waals surface area contributed by atoms with Gasteiger partial charge in [0.2, 0.25) is 0 Å². The Kier molecular flexibility index (Phi) is 7.38. The molecule has 2 atom stereocenters. The Balaban J connectivity index is 2.24. The number of hydrogen-bond donors (Lipinski definition) is 1. The molecule has 19 heavy (non-hydrogen) atoms. The minimum absolute atomic E-state index is 0.491. The molecular weight excluding hydrogens is 232 g/mol. The Morgan fingerprint density at radius 1 is 1.21 bits per heavy atom. The van der Waals surface area contributed by atoms with Crippen molar-refractivity contribution in [3.8, 4) is 0 Å². The van der Waals surface area contributed by atoms with E-state index >= 15 is 0 Å². The van der Waals surface area contributed by atoms with Gasteiger partial charge in [-0.15, -0.1) is 0 Å². The Morgan fingerprint density at radius 2 is 1.89 bits per heavy atom. The molecule has 0 amide bonds. The summed E-state index contributed by atoms with van der Waals surface area (Å²) in [5, 5.41) is 3.90. The van der Waals surface area contributed by atoms with Gasteiger partial charge >= 0.3 is 0 Å². The van der Waals surface area contributed by atoms with Gasteiger partial charge in [-0.1, -0.05) is 40.5 Å². The van der Waals surface area contributed by atoms with Crippen molar-refractivity contribution in [2.75, 3.05) is 19.6 Å². The zero-order valence-electron chi connectivity index (χ0n) is 14.0. The molecule has 0 aromatic heterocycles. The van der Waals surface area contributed by atoms with Gasteiger partial charge < -0.3 is 10.2 Å². The lowest BCUT2D eigenvalue weighted by atomic mass is 9.73. The lowest BCUT2D eigenvalue weighted by Gasteiger charge is -2.41. The highest BCUT2D eigenvalue weighted by Gasteiger charge is 2.32. The first kappa shape index (κ1) is 17.0. The fourth-order valence-electron chi connectivity index (χ4n) is 3.39. The van der Waals surface area contributed by atoms with E-state index in [2.05, 4.69) is 44.8 Å². The van der Waals surface area contributed by atoms with Crippen LogP contribution in [0, 0.1) is 5.41 Å². The molecule has 0 radical (unpaired) electrons. The van der Waals surface area contributed by atoms with E-state index in [0.717, 1.165) is 6.04 Å². The van der Waals surface area contributed by atoms with Gasteiger partial charge in [-0.05, 0) is 57.7 Å². The third-order valence-corrected chi connectivity index (χ3v) is 5.00. The van der Waals surface area contributed by atoms with Crippen LogP contribution in [0.1, 0.15) is 73.1 Å². The maximum Gasteiger partial charge on any atom is 0.0121 e. The van der Waals surface area contributed by atoms with Crippen molar-refractivity contribution < 1.29 is 0 Å². The van der Waals surface area contributed by atoms with E-state index in [1.807, 2.05) is 0 Å². The number of hydrogen-bond acceptors (Lipinski definition) is 2. The van der Waals surface area contributed by atoms with Crippen LogP contribution in [0.15, 0.2) is 0 Å². The Hall–Kier alpha value is -0.0800. The Labute approximate surface area is 121 Å². The molecule has 0 saturated heterocycles. The number of rotatable bonds is 8. The van der Waals surface area contributed by atoms with Crippen molar-refractivity contribution in [3.05, 3.63) is 0 Å². The quantitative estimate of drug-likeness (QED) is 0.714.